The molecule has 0 bridgehead atoms. The summed E-state index contributed by atoms with van der Waals surface area (Å²) in [5.74, 6) is -1.89. The first-order chi connectivity index (χ1) is 14.5. The number of aromatic nitrogens is 3. The summed E-state index contributed by atoms with van der Waals surface area (Å²) >= 11 is 0. The van der Waals surface area contributed by atoms with Gasteiger partial charge in [-0.1, -0.05) is 32.9 Å². The molecule has 2 atom stereocenters. The highest BCUT2D eigenvalue weighted by atomic mass is 32.2. The van der Waals surface area contributed by atoms with Gasteiger partial charge < -0.3 is 10.4 Å². The van der Waals surface area contributed by atoms with E-state index in [1.165, 1.54) is 12.1 Å². The highest BCUT2D eigenvalue weighted by molar-refractivity contribution is 7.91. The minimum Gasteiger partial charge on any atom is -0.394 e. The molecule has 1 aromatic heterocycles. The van der Waals surface area contributed by atoms with Gasteiger partial charge in [-0.2, -0.15) is 15.0 Å². The number of hydrogen-bond donors (Lipinski definition) is 3. The maximum absolute atomic E-state index is 14.3. The van der Waals surface area contributed by atoms with E-state index in [0.717, 1.165) is 12.3 Å². The molecule has 31 heavy (non-hydrogen) atoms. The van der Waals surface area contributed by atoms with Crippen molar-refractivity contribution in [2.75, 3.05) is 22.9 Å². The second-order valence-corrected chi connectivity index (χ2v) is 9.63. The van der Waals surface area contributed by atoms with Crippen molar-refractivity contribution >= 4 is 21.9 Å². The summed E-state index contributed by atoms with van der Waals surface area (Å²) in [7, 11) is -3.65. The molecule has 2 rings (SSSR count). The van der Waals surface area contributed by atoms with E-state index in [9.17, 15) is 22.3 Å². The summed E-state index contributed by atoms with van der Waals surface area (Å²) in [5, 5.41) is 12.6. The fourth-order valence-corrected chi connectivity index (χ4v) is 3.67. The second-order valence-electron chi connectivity index (χ2n) is 7.88. The number of aliphatic hydroxyl groups is 1. The molecule has 0 aliphatic rings. The SMILES string of the molecule is CCC(Cc1nc(NC(CO)CC(C)C)nc(NS(C)(=O)=O)n1)c1cccc(F)c1F. The number of hydrogen-bond acceptors (Lipinski definition) is 7. The molecular weight excluding hydrogens is 428 g/mol. The van der Waals surface area contributed by atoms with Gasteiger partial charge in [0.15, 0.2) is 11.6 Å². The fourth-order valence-electron chi connectivity index (χ4n) is 3.25. The average Bonchev–Trinajstić information content (AvgIpc) is 2.66. The molecule has 0 amide bonds. The zero-order chi connectivity index (χ0) is 23.2. The molecule has 2 unspecified atom stereocenters. The van der Waals surface area contributed by atoms with E-state index in [-0.39, 0.29) is 42.4 Å². The van der Waals surface area contributed by atoms with Crippen molar-refractivity contribution in [3.63, 3.8) is 0 Å². The lowest BCUT2D eigenvalue weighted by atomic mass is 9.92. The predicted molar refractivity (Wildman–Crippen MR) is 115 cm³/mol. The van der Waals surface area contributed by atoms with Gasteiger partial charge in [0, 0.05) is 6.42 Å². The van der Waals surface area contributed by atoms with Crippen LogP contribution in [0.1, 0.15) is 50.9 Å². The first kappa shape index (κ1) is 24.9. The van der Waals surface area contributed by atoms with Crippen molar-refractivity contribution in [2.45, 2.75) is 52.0 Å². The molecule has 11 heteroatoms. The Morgan fingerprint density at radius 1 is 1.13 bits per heavy atom. The summed E-state index contributed by atoms with van der Waals surface area (Å²) in [5.41, 5.74) is 0.197. The van der Waals surface area contributed by atoms with E-state index < -0.39 is 27.6 Å². The third-order valence-electron chi connectivity index (χ3n) is 4.61. The van der Waals surface area contributed by atoms with E-state index in [1.54, 1.807) is 0 Å². The van der Waals surface area contributed by atoms with Gasteiger partial charge in [0.2, 0.25) is 21.9 Å². The topological polar surface area (TPSA) is 117 Å². The highest BCUT2D eigenvalue weighted by Gasteiger charge is 2.21. The van der Waals surface area contributed by atoms with Gasteiger partial charge >= 0.3 is 0 Å². The first-order valence-electron chi connectivity index (χ1n) is 10.1. The predicted octanol–water partition coefficient (Wildman–Crippen LogP) is 3.08. The monoisotopic (exact) mass is 457 g/mol. The molecule has 8 nitrogen and oxygen atoms in total. The number of nitrogens with zero attached hydrogens (tertiary/aromatic N) is 3. The second kappa shape index (κ2) is 10.8. The van der Waals surface area contributed by atoms with E-state index in [2.05, 4.69) is 25.0 Å². The standard InChI is InChI=1S/C20H29F2N5O3S/c1-5-13(15-7-6-8-16(21)18(15)22)10-17-24-19(23-14(11-28)9-12(2)3)26-20(25-17)27-31(4,29)30/h6-8,12-14,28H,5,9-11H2,1-4H3,(H2,23,24,25,26,27). The van der Waals surface area contributed by atoms with Gasteiger partial charge in [-0.05, 0) is 36.3 Å². The van der Waals surface area contributed by atoms with Crippen LogP contribution in [-0.4, -0.2) is 47.4 Å². The van der Waals surface area contributed by atoms with Gasteiger partial charge in [-0.25, -0.2) is 17.2 Å². The van der Waals surface area contributed by atoms with Crippen molar-refractivity contribution in [3.8, 4) is 0 Å². The van der Waals surface area contributed by atoms with Gasteiger partial charge in [0.1, 0.15) is 5.82 Å². The smallest absolute Gasteiger partial charge is 0.241 e. The Morgan fingerprint density at radius 2 is 1.81 bits per heavy atom. The van der Waals surface area contributed by atoms with Crippen LogP contribution in [0.25, 0.3) is 0 Å². The van der Waals surface area contributed by atoms with E-state index >= 15 is 0 Å². The van der Waals surface area contributed by atoms with Crippen LogP contribution in [0.5, 0.6) is 0 Å². The number of anilines is 2. The summed E-state index contributed by atoms with van der Waals surface area (Å²) in [6.45, 7) is 5.66. The number of halogens is 2. The van der Waals surface area contributed by atoms with Crippen molar-refractivity contribution in [3.05, 3.63) is 41.2 Å². The Hall–Kier alpha value is -2.40. The molecule has 0 radical (unpaired) electrons. The van der Waals surface area contributed by atoms with Gasteiger partial charge in [0.25, 0.3) is 0 Å². The Morgan fingerprint density at radius 3 is 2.39 bits per heavy atom. The summed E-state index contributed by atoms with van der Waals surface area (Å²) in [6.07, 6.45) is 2.23. The Balaban J connectivity index is 2.39. The molecule has 0 spiro atoms. The van der Waals surface area contributed by atoms with Crippen LogP contribution in [0.4, 0.5) is 20.7 Å². The lowest BCUT2D eigenvalue weighted by Crippen LogP contribution is -2.27. The number of rotatable bonds is 11. The Labute approximate surface area is 181 Å². The number of nitrogens with one attached hydrogen (secondary N) is 2. The van der Waals surface area contributed by atoms with E-state index in [0.29, 0.717) is 18.8 Å². The lowest BCUT2D eigenvalue weighted by molar-refractivity contribution is 0.259. The van der Waals surface area contributed by atoms with Crippen LogP contribution in [0, 0.1) is 17.6 Å². The molecule has 0 aliphatic carbocycles. The molecule has 0 saturated heterocycles. The third kappa shape index (κ3) is 7.66. The highest BCUT2D eigenvalue weighted by Crippen LogP contribution is 2.27. The zero-order valence-corrected chi connectivity index (χ0v) is 18.9. The Bertz CT molecular complexity index is 989. The zero-order valence-electron chi connectivity index (χ0n) is 18.1. The van der Waals surface area contributed by atoms with Gasteiger partial charge in [0.05, 0.1) is 18.9 Å². The van der Waals surface area contributed by atoms with Gasteiger partial charge in [-0.3, -0.25) is 4.72 Å². The van der Waals surface area contributed by atoms with Crippen molar-refractivity contribution in [1.29, 1.82) is 0 Å². The van der Waals surface area contributed by atoms with Crippen LogP contribution in [0.3, 0.4) is 0 Å². The van der Waals surface area contributed by atoms with Gasteiger partial charge in [-0.15, -0.1) is 0 Å². The Kier molecular flexibility index (Phi) is 8.63. The lowest BCUT2D eigenvalue weighted by Gasteiger charge is -2.20. The molecule has 2 aromatic rings. The number of benzene rings is 1. The fraction of sp³-hybridized carbons (Fsp3) is 0.550. The molecule has 3 N–H and O–H groups in total. The largest absolute Gasteiger partial charge is 0.394 e. The minimum absolute atomic E-state index is 0.0883. The quantitative estimate of drug-likeness (QED) is 0.475. The summed E-state index contributed by atoms with van der Waals surface area (Å²) in [6, 6.07) is 3.65. The number of aliphatic hydroxyl groups excluding tert-OH is 1. The normalized spacial score (nSPS) is 13.8. The molecule has 1 heterocycles. The first-order valence-corrected chi connectivity index (χ1v) is 12.0. The maximum atomic E-state index is 14.3. The van der Waals surface area contributed by atoms with Crippen LogP contribution in [-0.2, 0) is 16.4 Å². The third-order valence-corrected chi connectivity index (χ3v) is 5.16. The van der Waals surface area contributed by atoms with Crippen LogP contribution >= 0.6 is 0 Å². The van der Waals surface area contributed by atoms with Crippen molar-refractivity contribution < 1.29 is 22.3 Å². The minimum atomic E-state index is -3.65. The molecular formula is C20H29F2N5O3S. The van der Waals surface area contributed by atoms with Crippen LogP contribution < -0.4 is 10.0 Å². The molecule has 0 fully saturated rings. The van der Waals surface area contributed by atoms with E-state index in [4.69, 9.17) is 0 Å². The van der Waals surface area contributed by atoms with Crippen LogP contribution in [0.15, 0.2) is 18.2 Å². The average molecular weight is 458 g/mol. The van der Waals surface area contributed by atoms with Crippen molar-refractivity contribution in [2.24, 2.45) is 5.92 Å². The molecule has 1 aromatic carbocycles. The van der Waals surface area contributed by atoms with E-state index in [1.807, 2.05) is 20.8 Å². The van der Waals surface area contributed by atoms with Crippen molar-refractivity contribution in [1.82, 2.24) is 15.0 Å². The number of sulfonamides is 1. The molecule has 0 saturated carbocycles. The summed E-state index contributed by atoms with van der Waals surface area (Å²) < 4.78 is 53.5. The molecule has 172 valence electrons. The van der Waals surface area contributed by atoms with Crippen LogP contribution in [0.2, 0.25) is 0 Å². The summed E-state index contributed by atoms with van der Waals surface area (Å²) in [4.78, 5) is 12.6. The maximum Gasteiger partial charge on any atom is 0.241 e. The molecule has 0 aliphatic heterocycles.